The van der Waals surface area contributed by atoms with Gasteiger partial charge in [0.05, 0.1) is 13.2 Å². The van der Waals surface area contributed by atoms with Crippen molar-refractivity contribution in [2.24, 2.45) is 11.8 Å². The molecule has 0 aliphatic heterocycles. The summed E-state index contributed by atoms with van der Waals surface area (Å²) in [7, 11) is -4.90. The molecule has 0 spiro atoms. The van der Waals surface area contributed by atoms with Crippen LogP contribution in [0.2, 0.25) is 0 Å². The van der Waals surface area contributed by atoms with Crippen molar-refractivity contribution in [1.29, 1.82) is 0 Å². The van der Waals surface area contributed by atoms with Crippen LogP contribution in [0, 0.1) is 11.8 Å². The van der Waals surface area contributed by atoms with Crippen molar-refractivity contribution in [1.82, 2.24) is 0 Å². The zero-order chi connectivity index (χ0) is 20.0. The van der Waals surface area contributed by atoms with E-state index in [1.54, 1.807) is 27.7 Å². The molecule has 3 unspecified atom stereocenters. The Morgan fingerprint density at radius 1 is 1.04 bits per heavy atom. The number of hydrogen-bond donors (Lipinski definition) is 6. The monoisotopic (exact) mass is 388 g/mol. The molecule has 0 aliphatic rings. The predicted molar refractivity (Wildman–Crippen MR) is 86.6 cm³/mol. The molecule has 0 radical (unpaired) electrons. The fourth-order valence-corrected chi connectivity index (χ4v) is 2.57. The standard InChI is InChI=1S/C14H29O10P/c1-8(2)5-14(13(18)19,23-6-9(3)4)12(17)11(16)10(15)7-24-25(20,21)22/h8-12,15-17H,5-7H2,1-4H3,(H,18,19)(H2,20,21,22)/t10?,11?,12?,14-/m1/s1. The van der Waals surface area contributed by atoms with E-state index >= 15 is 0 Å². The van der Waals surface area contributed by atoms with Gasteiger partial charge in [0.15, 0.2) is 5.60 Å². The molecule has 0 saturated heterocycles. The number of carboxylic acid groups (broad SMARTS) is 1. The van der Waals surface area contributed by atoms with E-state index in [-0.39, 0.29) is 24.9 Å². The summed E-state index contributed by atoms with van der Waals surface area (Å²) >= 11 is 0. The molecule has 0 heterocycles. The molecule has 0 aromatic carbocycles. The Morgan fingerprint density at radius 2 is 1.56 bits per heavy atom. The summed E-state index contributed by atoms with van der Waals surface area (Å²) in [5.41, 5.74) is -2.19. The first-order valence-corrected chi connectivity index (χ1v) is 9.37. The summed E-state index contributed by atoms with van der Waals surface area (Å²) < 4.78 is 20.2. The van der Waals surface area contributed by atoms with Gasteiger partial charge in [0.25, 0.3) is 0 Å². The summed E-state index contributed by atoms with van der Waals surface area (Å²) in [5, 5.41) is 39.9. The number of phosphoric acid groups is 1. The zero-order valence-corrected chi connectivity index (χ0v) is 15.7. The van der Waals surface area contributed by atoms with Crippen LogP contribution in [0.1, 0.15) is 34.1 Å². The van der Waals surface area contributed by atoms with Gasteiger partial charge in [0.2, 0.25) is 0 Å². The maximum absolute atomic E-state index is 11.8. The second-order valence-electron chi connectivity index (χ2n) is 6.79. The molecule has 0 aliphatic carbocycles. The average molecular weight is 388 g/mol. The molecule has 4 atom stereocenters. The Labute approximate surface area is 146 Å². The Morgan fingerprint density at radius 3 is 1.92 bits per heavy atom. The summed E-state index contributed by atoms with van der Waals surface area (Å²) in [4.78, 5) is 29.0. The Kier molecular flexibility index (Phi) is 9.71. The Hall–Kier alpha value is -0.580. The van der Waals surface area contributed by atoms with Gasteiger partial charge in [-0.3, -0.25) is 4.52 Å². The average Bonchev–Trinajstić information content (AvgIpc) is 2.45. The zero-order valence-electron chi connectivity index (χ0n) is 14.8. The number of carboxylic acids is 1. The van der Waals surface area contributed by atoms with Gasteiger partial charge in [0, 0.05) is 0 Å². The quantitative estimate of drug-likeness (QED) is 0.244. The van der Waals surface area contributed by atoms with Gasteiger partial charge in [0.1, 0.15) is 18.3 Å². The number of hydrogen-bond acceptors (Lipinski definition) is 7. The number of aliphatic hydroxyl groups excluding tert-OH is 3. The highest BCUT2D eigenvalue weighted by atomic mass is 31.2. The summed E-state index contributed by atoms with van der Waals surface area (Å²) in [6, 6.07) is 0. The summed E-state index contributed by atoms with van der Waals surface area (Å²) in [5.74, 6) is -1.80. The summed E-state index contributed by atoms with van der Waals surface area (Å²) in [6.45, 7) is 5.93. The minimum atomic E-state index is -4.90. The van der Waals surface area contributed by atoms with E-state index in [0.717, 1.165) is 0 Å². The minimum absolute atomic E-state index is 0.0160. The van der Waals surface area contributed by atoms with E-state index in [2.05, 4.69) is 4.52 Å². The molecular weight excluding hydrogens is 359 g/mol. The molecular formula is C14H29O10P. The normalized spacial score (nSPS) is 18.8. The van der Waals surface area contributed by atoms with Crippen LogP contribution in [0.3, 0.4) is 0 Å². The number of ether oxygens (including phenoxy) is 1. The highest BCUT2D eigenvalue weighted by Crippen LogP contribution is 2.36. The molecule has 0 saturated carbocycles. The van der Waals surface area contributed by atoms with Gasteiger partial charge >= 0.3 is 13.8 Å². The molecule has 0 aromatic rings. The number of aliphatic carboxylic acids is 1. The molecule has 0 rings (SSSR count). The smallest absolute Gasteiger partial charge is 0.469 e. The lowest BCUT2D eigenvalue weighted by molar-refractivity contribution is -0.210. The number of rotatable bonds is 12. The van der Waals surface area contributed by atoms with Crippen LogP contribution in [0.25, 0.3) is 0 Å². The highest BCUT2D eigenvalue weighted by molar-refractivity contribution is 7.46. The van der Waals surface area contributed by atoms with Crippen molar-refractivity contribution in [2.75, 3.05) is 13.2 Å². The molecule has 25 heavy (non-hydrogen) atoms. The first kappa shape index (κ1) is 24.4. The van der Waals surface area contributed by atoms with Crippen LogP contribution >= 0.6 is 7.82 Å². The largest absolute Gasteiger partial charge is 0.479 e. The van der Waals surface area contributed by atoms with Crippen LogP contribution in [-0.4, -0.2) is 73.3 Å². The van der Waals surface area contributed by atoms with Gasteiger partial charge < -0.3 is 34.9 Å². The molecule has 0 aromatic heterocycles. The van der Waals surface area contributed by atoms with Gasteiger partial charge in [-0.1, -0.05) is 27.7 Å². The van der Waals surface area contributed by atoms with E-state index < -0.39 is 44.3 Å². The second-order valence-corrected chi connectivity index (χ2v) is 8.03. The fourth-order valence-electron chi connectivity index (χ4n) is 2.22. The maximum Gasteiger partial charge on any atom is 0.469 e. The van der Waals surface area contributed by atoms with E-state index in [1.165, 1.54) is 0 Å². The molecule has 0 bridgehead atoms. The Balaban J connectivity index is 5.44. The van der Waals surface area contributed by atoms with E-state index in [4.69, 9.17) is 14.5 Å². The number of carbonyl (C=O) groups is 1. The third-order valence-corrected chi connectivity index (χ3v) is 3.84. The number of phosphoric ester groups is 1. The minimum Gasteiger partial charge on any atom is -0.479 e. The third-order valence-electron chi connectivity index (χ3n) is 3.36. The van der Waals surface area contributed by atoms with Crippen molar-refractivity contribution in [2.45, 2.75) is 58.0 Å². The lowest BCUT2D eigenvalue weighted by Gasteiger charge is -2.39. The fraction of sp³-hybridized carbons (Fsp3) is 0.929. The van der Waals surface area contributed by atoms with Gasteiger partial charge in [-0.05, 0) is 18.3 Å². The first-order valence-electron chi connectivity index (χ1n) is 7.84. The van der Waals surface area contributed by atoms with Crippen LogP contribution in [0.15, 0.2) is 0 Å². The Bertz CT molecular complexity index is 463. The van der Waals surface area contributed by atoms with Crippen LogP contribution in [-0.2, 0) is 18.6 Å². The van der Waals surface area contributed by atoms with Gasteiger partial charge in [-0.2, -0.15) is 0 Å². The molecule has 0 fully saturated rings. The molecule has 0 amide bonds. The van der Waals surface area contributed by atoms with Crippen molar-refractivity contribution in [3.05, 3.63) is 0 Å². The van der Waals surface area contributed by atoms with Crippen molar-refractivity contribution < 1.29 is 48.8 Å². The maximum atomic E-state index is 11.8. The third kappa shape index (κ3) is 8.10. The topological polar surface area (TPSA) is 174 Å². The lowest BCUT2D eigenvalue weighted by atomic mass is 9.83. The molecule has 6 N–H and O–H groups in total. The van der Waals surface area contributed by atoms with Crippen LogP contribution < -0.4 is 0 Å². The van der Waals surface area contributed by atoms with E-state index in [0.29, 0.717) is 0 Å². The number of aliphatic hydroxyl groups is 3. The van der Waals surface area contributed by atoms with Crippen molar-refractivity contribution in [3.63, 3.8) is 0 Å². The predicted octanol–water partition coefficient (Wildman–Crippen LogP) is -0.280. The van der Waals surface area contributed by atoms with Crippen LogP contribution in [0.4, 0.5) is 0 Å². The van der Waals surface area contributed by atoms with Crippen molar-refractivity contribution >= 4 is 13.8 Å². The molecule has 11 heteroatoms. The second kappa shape index (κ2) is 9.94. The van der Waals surface area contributed by atoms with Crippen molar-refractivity contribution in [3.8, 4) is 0 Å². The van der Waals surface area contributed by atoms with Crippen LogP contribution in [0.5, 0.6) is 0 Å². The van der Waals surface area contributed by atoms with E-state index in [9.17, 15) is 29.8 Å². The SMILES string of the molecule is CC(C)CO[C@@](CC(C)C)(C(=O)O)C(O)C(O)C(O)COP(=O)(O)O. The molecule has 150 valence electrons. The first-order chi connectivity index (χ1) is 11.2. The highest BCUT2D eigenvalue weighted by Gasteiger charge is 2.51. The van der Waals surface area contributed by atoms with Gasteiger partial charge in [-0.15, -0.1) is 0 Å². The van der Waals surface area contributed by atoms with Gasteiger partial charge in [-0.25, -0.2) is 9.36 Å². The summed E-state index contributed by atoms with van der Waals surface area (Å²) in [6.07, 6.45) is -6.20. The lowest BCUT2D eigenvalue weighted by Crippen LogP contribution is -2.60. The molecule has 10 nitrogen and oxygen atoms in total. The van der Waals surface area contributed by atoms with E-state index in [1.807, 2.05) is 0 Å².